The van der Waals surface area contributed by atoms with E-state index in [1.807, 2.05) is 43.0 Å². The number of carbonyl (C=O) groups excluding carboxylic acids is 1. The summed E-state index contributed by atoms with van der Waals surface area (Å²) in [5.41, 5.74) is 0.810. The van der Waals surface area contributed by atoms with Crippen LogP contribution in [0.25, 0.3) is 0 Å². The molecule has 0 aliphatic carbocycles. The maximum atomic E-state index is 12.4. The van der Waals surface area contributed by atoms with Crippen LogP contribution in [-0.2, 0) is 4.79 Å². The Labute approximate surface area is 154 Å². The Morgan fingerprint density at radius 2 is 1.85 bits per heavy atom. The zero-order chi connectivity index (χ0) is 18.5. The summed E-state index contributed by atoms with van der Waals surface area (Å²) in [5, 5.41) is 0. The molecule has 1 aromatic heterocycles. The third-order valence-electron chi connectivity index (χ3n) is 4.58. The van der Waals surface area contributed by atoms with Crippen molar-refractivity contribution >= 4 is 5.91 Å². The Balaban J connectivity index is 1.78. The number of methoxy groups -OCH3 is 1. The van der Waals surface area contributed by atoms with Gasteiger partial charge in [-0.05, 0) is 37.1 Å². The highest BCUT2D eigenvalue weighted by atomic mass is 16.5. The topological polar surface area (TPSA) is 64.6 Å². The summed E-state index contributed by atoms with van der Waals surface area (Å²) in [6, 6.07) is 7.36. The van der Waals surface area contributed by atoms with Gasteiger partial charge in [0.2, 0.25) is 11.8 Å². The molecule has 26 heavy (non-hydrogen) atoms. The largest absolute Gasteiger partial charge is 0.497 e. The molecule has 1 aromatic carbocycles. The number of likely N-dealkylation sites (tertiary alicyclic amines) is 1. The van der Waals surface area contributed by atoms with Gasteiger partial charge in [0.1, 0.15) is 17.2 Å². The number of piperidine rings is 1. The van der Waals surface area contributed by atoms with Crippen LogP contribution in [0.1, 0.15) is 38.3 Å². The highest BCUT2D eigenvalue weighted by Gasteiger charge is 2.29. The lowest BCUT2D eigenvalue weighted by Crippen LogP contribution is -2.41. The predicted molar refractivity (Wildman–Crippen MR) is 98.5 cm³/mol. The molecule has 1 aliphatic heterocycles. The summed E-state index contributed by atoms with van der Waals surface area (Å²) in [6.45, 7) is 5.34. The van der Waals surface area contributed by atoms with E-state index in [0.29, 0.717) is 18.2 Å². The molecule has 0 saturated carbocycles. The standard InChI is InChI=1S/C20H25N3O3/c1-14(2)20(24)23-12-4-5-15(13-23)18-19(22-11-10-21-18)26-17-8-6-16(25-3)7-9-17/h6-11,14-15H,4-5,12-13H2,1-3H3. The van der Waals surface area contributed by atoms with Crippen molar-refractivity contribution in [3.63, 3.8) is 0 Å². The molecule has 1 amide bonds. The normalized spacial score (nSPS) is 17.2. The maximum absolute atomic E-state index is 12.4. The van der Waals surface area contributed by atoms with Gasteiger partial charge in [-0.3, -0.25) is 9.78 Å². The minimum absolute atomic E-state index is 0.00521. The third-order valence-corrected chi connectivity index (χ3v) is 4.58. The van der Waals surface area contributed by atoms with Gasteiger partial charge in [-0.15, -0.1) is 0 Å². The molecule has 1 aliphatic rings. The average Bonchev–Trinajstić information content (AvgIpc) is 2.68. The molecule has 1 atom stereocenters. The summed E-state index contributed by atoms with van der Waals surface area (Å²) in [7, 11) is 1.63. The minimum atomic E-state index is 0.00521. The number of hydrogen-bond donors (Lipinski definition) is 0. The van der Waals surface area contributed by atoms with Crippen LogP contribution in [-0.4, -0.2) is 41.0 Å². The van der Waals surface area contributed by atoms with Crippen molar-refractivity contribution in [2.75, 3.05) is 20.2 Å². The van der Waals surface area contributed by atoms with Gasteiger partial charge in [-0.2, -0.15) is 0 Å². The molecule has 3 rings (SSSR count). The summed E-state index contributed by atoms with van der Waals surface area (Å²) in [6.07, 6.45) is 5.24. The van der Waals surface area contributed by atoms with Gasteiger partial charge in [0, 0.05) is 37.3 Å². The molecular formula is C20H25N3O3. The first-order valence-corrected chi connectivity index (χ1v) is 9.00. The summed E-state index contributed by atoms with van der Waals surface area (Å²) in [5.74, 6) is 2.28. The van der Waals surface area contributed by atoms with Crippen molar-refractivity contribution < 1.29 is 14.3 Å². The zero-order valence-corrected chi connectivity index (χ0v) is 15.5. The molecule has 0 bridgehead atoms. The van der Waals surface area contributed by atoms with Crippen molar-refractivity contribution in [2.45, 2.75) is 32.6 Å². The van der Waals surface area contributed by atoms with E-state index >= 15 is 0 Å². The first-order chi connectivity index (χ1) is 12.6. The number of amides is 1. The molecule has 0 N–H and O–H groups in total. The van der Waals surface area contributed by atoms with E-state index in [1.54, 1.807) is 19.5 Å². The Morgan fingerprint density at radius 3 is 2.54 bits per heavy atom. The summed E-state index contributed by atoms with van der Waals surface area (Å²) >= 11 is 0. The number of benzene rings is 1. The molecule has 1 saturated heterocycles. The van der Waals surface area contributed by atoms with E-state index in [-0.39, 0.29) is 17.7 Å². The number of aromatic nitrogens is 2. The Hall–Kier alpha value is -2.63. The van der Waals surface area contributed by atoms with Gasteiger partial charge in [-0.1, -0.05) is 13.8 Å². The highest BCUT2D eigenvalue weighted by molar-refractivity contribution is 5.78. The molecule has 0 radical (unpaired) electrons. The Bertz CT molecular complexity index is 746. The van der Waals surface area contributed by atoms with Crippen molar-refractivity contribution in [1.29, 1.82) is 0 Å². The van der Waals surface area contributed by atoms with Gasteiger partial charge in [0.25, 0.3) is 0 Å². The first-order valence-electron chi connectivity index (χ1n) is 9.00. The van der Waals surface area contributed by atoms with E-state index in [2.05, 4.69) is 9.97 Å². The maximum Gasteiger partial charge on any atom is 0.241 e. The lowest BCUT2D eigenvalue weighted by molar-refractivity contribution is -0.135. The number of hydrogen-bond acceptors (Lipinski definition) is 5. The molecule has 6 nitrogen and oxygen atoms in total. The van der Waals surface area contributed by atoms with Crippen LogP contribution >= 0.6 is 0 Å². The molecule has 0 spiro atoms. The number of rotatable bonds is 5. The van der Waals surface area contributed by atoms with E-state index < -0.39 is 0 Å². The number of ether oxygens (including phenoxy) is 2. The summed E-state index contributed by atoms with van der Waals surface area (Å²) in [4.78, 5) is 23.2. The third kappa shape index (κ3) is 4.12. The predicted octanol–water partition coefficient (Wildman–Crippen LogP) is 3.64. The fourth-order valence-electron chi connectivity index (χ4n) is 3.22. The minimum Gasteiger partial charge on any atom is -0.497 e. The molecule has 2 heterocycles. The monoisotopic (exact) mass is 355 g/mol. The van der Waals surface area contributed by atoms with Crippen LogP contribution in [0.4, 0.5) is 0 Å². The zero-order valence-electron chi connectivity index (χ0n) is 15.5. The lowest BCUT2D eigenvalue weighted by Gasteiger charge is -2.33. The molecule has 6 heteroatoms. The van der Waals surface area contributed by atoms with Gasteiger partial charge in [0.05, 0.1) is 7.11 Å². The van der Waals surface area contributed by atoms with Crippen LogP contribution in [0, 0.1) is 5.92 Å². The summed E-state index contributed by atoms with van der Waals surface area (Å²) < 4.78 is 11.1. The van der Waals surface area contributed by atoms with E-state index in [4.69, 9.17) is 9.47 Å². The lowest BCUT2D eigenvalue weighted by atomic mass is 9.94. The second kappa shape index (κ2) is 8.17. The van der Waals surface area contributed by atoms with Crippen LogP contribution in [0.3, 0.4) is 0 Å². The SMILES string of the molecule is COc1ccc(Oc2nccnc2C2CCCN(C(=O)C(C)C)C2)cc1. The first kappa shape index (κ1) is 18.2. The van der Waals surface area contributed by atoms with Crippen molar-refractivity contribution in [3.8, 4) is 17.4 Å². The molecule has 138 valence electrons. The molecule has 2 aromatic rings. The van der Waals surface area contributed by atoms with Crippen LogP contribution in [0.15, 0.2) is 36.7 Å². The smallest absolute Gasteiger partial charge is 0.241 e. The quantitative estimate of drug-likeness (QED) is 0.819. The second-order valence-corrected chi connectivity index (χ2v) is 6.80. The van der Waals surface area contributed by atoms with E-state index in [9.17, 15) is 4.79 Å². The highest BCUT2D eigenvalue weighted by Crippen LogP contribution is 2.33. The van der Waals surface area contributed by atoms with Gasteiger partial charge in [0.15, 0.2) is 0 Å². The van der Waals surface area contributed by atoms with Gasteiger partial charge in [-0.25, -0.2) is 4.98 Å². The van der Waals surface area contributed by atoms with E-state index in [1.165, 1.54) is 0 Å². The molecule has 1 fully saturated rings. The van der Waals surface area contributed by atoms with E-state index in [0.717, 1.165) is 30.8 Å². The molecule has 1 unspecified atom stereocenters. The van der Waals surface area contributed by atoms with Crippen molar-refractivity contribution in [3.05, 3.63) is 42.4 Å². The van der Waals surface area contributed by atoms with Crippen molar-refractivity contribution in [1.82, 2.24) is 14.9 Å². The average molecular weight is 355 g/mol. The van der Waals surface area contributed by atoms with Gasteiger partial charge >= 0.3 is 0 Å². The fourth-order valence-corrected chi connectivity index (χ4v) is 3.22. The second-order valence-electron chi connectivity index (χ2n) is 6.80. The Morgan fingerprint density at radius 1 is 1.15 bits per heavy atom. The van der Waals surface area contributed by atoms with Crippen LogP contribution in [0.5, 0.6) is 17.4 Å². The Kier molecular flexibility index (Phi) is 5.71. The number of nitrogens with zero attached hydrogens (tertiary/aromatic N) is 3. The van der Waals surface area contributed by atoms with Crippen molar-refractivity contribution in [2.24, 2.45) is 5.92 Å². The van der Waals surface area contributed by atoms with Gasteiger partial charge < -0.3 is 14.4 Å². The fraction of sp³-hybridized carbons (Fsp3) is 0.450. The van der Waals surface area contributed by atoms with Crippen LogP contribution < -0.4 is 9.47 Å². The number of carbonyl (C=O) groups is 1. The molecular weight excluding hydrogens is 330 g/mol. The van der Waals surface area contributed by atoms with Crippen LogP contribution in [0.2, 0.25) is 0 Å².